The van der Waals surface area contributed by atoms with Crippen LogP contribution in [0, 0.1) is 6.92 Å². The van der Waals surface area contributed by atoms with Crippen molar-refractivity contribution in [3.63, 3.8) is 0 Å². The van der Waals surface area contributed by atoms with E-state index in [-0.39, 0.29) is 17.9 Å². The number of carbonyl (C=O) groups excluding carboxylic acids is 2. The second kappa shape index (κ2) is 5.34. The number of likely N-dealkylation sites (N-methyl/N-ethyl adjacent to an activating group) is 1. The van der Waals surface area contributed by atoms with Gasteiger partial charge in [0, 0.05) is 7.05 Å². The van der Waals surface area contributed by atoms with Crippen LogP contribution >= 0.6 is 0 Å². The molecule has 0 heterocycles. The van der Waals surface area contributed by atoms with E-state index < -0.39 is 11.9 Å². The van der Waals surface area contributed by atoms with Gasteiger partial charge in [0.15, 0.2) is 0 Å². The number of aryl methyl sites for hydroxylation is 1. The average molecular weight is 237 g/mol. The summed E-state index contributed by atoms with van der Waals surface area (Å²) in [6, 6.07) is 4.75. The van der Waals surface area contributed by atoms with Crippen LogP contribution in [0.15, 0.2) is 18.2 Å². The van der Waals surface area contributed by atoms with E-state index in [0.717, 1.165) is 5.56 Å². The maximum Gasteiger partial charge on any atom is 0.325 e. The molecule has 0 unspecified atom stereocenters. The molecular weight excluding hydrogens is 222 g/mol. The predicted octanol–water partition coefficient (Wildman–Crippen LogP) is 0.946. The number of hydrogen-bond donors (Lipinski definition) is 1. The number of ether oxygens (including phenoxy) is 1. The Hall–Kier alpha value is -2.04. The Labute approximate surface area is 99.6 Å². The first-order valence-electron chi connectivity index (χ1n) is 5.07. The molecule has 0 saturated heterocycles. The first-order valence-corrected chi connectivity index (χ1v) is 5.07. The van der Waals surface area contributed by atoms with Crippen LogP contribution in [0.2, 0.25) is 0 Å². The topological polar surface area (TPSA) is 66.8 Å². The van der Waals surface area contributed by atoms with Gasteiger partial charge in [0.1, 0.15) is 12.3 Å². The summed E-state index contributed by atoms with van der Waals surface area (Å²) in [5, 5.41) is 9.64. The SMILES string of the molecule is COC(=O)CN(C)C(=O)c1ccc(C)cc1O. The zero-order valence-electron chi connectivity index (χ0n) is 10.1. The molecule has 0 aliphatic heterocycles. The molecule has 0 aliphatic carbocycles. The van der Waals surface area contributed by atoms with Crippen LogP contribution in [0.1, 0.15) is 15.9 Å². The molecule has 1 aromatic rings. The molecule has 0 atom stereocenters. The maximum absolute atomic E-state index is 11.9. The predicted molar refractivity (Wildman–Crippen MR) is 61.8 cm³/mol. The number of phenolic OH excluding ortho intramolecular Hbond substituents is 1. The second-order valence-electron chi connectivity index (χ2n) is 3.76. The summed E-state index contributed by atoms with van der Waals surface area (Å²) in [5.74, 6) is -1.02. The standard InChI is InChI=1S/C12H15NO4/c1-8-4-5-9(10(14)6-8)12(16)13(2)7-11(15)17-3/h4-6,14H,7H2,1-3H3. The monoisotopic (exact) mass is 237 g/mol. The van der Waals surface area contributed by atoms with Crippen molar-refractivity contribution in [3.05, 3.63) is 29.3 Å². The Morgan fingerprint density at radius 1 is 1.41 bits per heavy atom. The molecule has 17 heavy (non-hydrogen) atoms. The number of amides is 1. The average Bonchev–Trinajstić information content (AvgIpc) is 2.28. The third-order valence-corrected chi connectivity index (χ3v) is 2.32. The molecule has 0 bridgehead atoms. The number of rotatable bonds is 3. The van der Waals surface area contributed by atoms with E-state index >= 15 is 0 Å². The van der Waals surface area contributed by atoms with Crippen molar-refractivity contribution in [2.45, 2.75) is 6.92 Å². The zero-order chi connectivity index (χ0) is 13.0. The highest BCUT2D eigenvalue weighted by molar-refractivity contribution is 5.98. The summed E-state index contributed by atoms with van der Waals surface area (Å²) in [6.45, 7) is 1.66. The lowest BCUT2D eigenvalue weighted by Crippen LogP contribution is -2.32. The number of phenols is 1. The molecule has 92 valence electrons. The summed E-state index contributed by atoms with van der Waals surface area (Å²) in [5.41, 5.74) is 1.02. The summed E-state index contributed by atoms with van der Waals surface area (Å²) >= 11 is 0. The minimum absolute atomic E-state index is 0.0910. The van der Waals surface area contributed by atoms with Gasteiger partial charge in [0.25, 0.3) is 5.91 Å². The molecule has 0 spiro atoms. The van der Waals surface area contributed by atoms with Crippen LogP contribution < -0.4 is 0 Å². The van der Waals surface area contributed by atoms with Crippen molar-refractivity contribution in [2.24, 2.45) is 0 Å². The highest BCUT2D eigenvalue weighted by Crippen LogP contribution is 2.19. The minimum atomic E-state index is -0.507. The van der Waals surface area contributed by atoms with Gasteiger partial charge in [-0.2, -0.15) is 0 Å². The summed E-state index contributed by atoms with van der Waals surface area (Å²) in [4.78, 5) is 24.1. The number of aromatic hydroxyl groups is 1. The molecule has 0 saturated carbocycles. The van der Waals surface area contributed by atoms with Crippen molar-refractivity contribution in [1.29, 1.82) is 0 Å². The molecule has 0 fully saturated rings. The number of carbonyl (C=O) groups is 2. The molecule has 0 aliphatic rings. The van der Waals surface area contributed by atoms with Gasteiger partial charge in [-0.05, 0) is 24.6 Å². The summed E-state index contributed by atoms with van der Waals surface area (Å²) in [6.07, 6.45) is 0. The fourth-order valence-corrected chi connectivity index (χ4v) is 1.36. The Morgan fingerprint density at radius 3 is 2.59 bits per heavy atom. The third kappa shape index (κ3) is 3.21. The molecule has 1 N–H and O–H groups in total. The molecular formula is C12H15NO4. The first-order chi connectivity index (χ1) is 7.95. The lowest BCUT2D eigenvalue weighted by atomic mass is 10.1. The van der Waals surface area contributed by atoms with Crippen LogP contribution in [-0.4, -0.2) is 42.6 Å². The summed E-state index contributed by atoms with van der Waals surface area (Å²) < 4.78 is 4.46. The van der Waals surface area contributed by atoms with Crippen molar-refractivity contribution in [1.82, 2.24) is 4.90 Å². The van der Waals surface area contributed by atoms with E-state index in [1.807, 2.05) is 6.92 Å². The first kappa shape index (κ1) is 13.0. The van der Waals surface area contributed by atoms with Gasteiger partial charge in [-0.25, -0.2) is 0 Å². The number of hydrogen-bond acceptors (Lipinski definition) is 4. The number of benzene rings is 1. The Kier molecular flexibility index (Phi) is 4.09. The summed E-state index contributed by atoms with van der Waals surface area (Å²) in [7, 11) is 2.72. The molecule has 5 nitrogen and oxygen atoms in total. The van der Waals surface area contributed by atoms with Gasteiger partial charge >= 0.3 is 5.97 Å². The minimum Gasteiger partial charge on any atom is -0.507 e. The van der Waals surface area contributed by atoms with Crippen LogP contribution in [-0.2, 0) is 9.53 Å². The zero-order valence-corrected chi connectivity index (χ0v) is 10.1. The van der Waals surface area contributed by atoms with E-state index in [9.17, 15) is 14.7 Å². The fraction of sp³-hybridized carbons (Fsp3) is 0.333. The molecule has 1 rings (SSSR count). The van der Waals surface area contributed by atoms with E-state index in [1.54, 1.807) is 6.07 Å². The molecule has 0 radical (unpaired) electrons. The Bertz CT molecular complexity index is 442. The molecule has 0 aromatic heterocycles. The van der Waals surface area contributed by atoms with E-state index in [0.29, 0.717) is 0 Å². The number of methoxy groups -OCH3 is 1. The molecule has 1 aromatic carbocycles. The Morgan fingerprint density at radius 2 is 2.06 bits per heavy atom. The molecule has 5 heteroatoms. The van der Waals surface area contributed by atoms with Crippen LogP contribution in [0.5, 0.6) is 5.75 Å². The van der Waals surface area contributed by atoms with Gasteiger partial charge in [-0.15, -0.1) is 0 Å². The number of nitrogens with zero attached hydrogens (tertiary/aromatic N) is 1. The van der Waals surface area contributed by atoms with Crippen molar-refractivity contribution < 1.29 is 19.4 Å². The van der Waals surface area contributed by atoms with Gasteiger partial charge in [-0.3, -0.25) is 9.59 Å². The lowest BCUT2D eigenvalue weighted by Gasteiger charge is -2.16. The molecule has 1 amide bonds. The quantitative estimate of drug-likeness (QED) is 0.795. The van der Waals surface area contributed by atoms with Gasteiger partial charge in [0.2, 0.25) is 0 Å². The van der Waals surface area contributed by atoms with Crippen molar-refractivity contribution in [3.8, 4) is 5.75 Å². The van der Waals surface area contributed by atoms with Crippen LogP contribution in [0.4, 0.5) is 0 Å². The van der Waals surface area contributed by atoms with Crippen LogP contribution in [0.3, 0.4) is 0 Å². The van der Waals surface area contributed by atoms with E-state index in [4.69, 9.17) is 0 Å². The Balaban J connectivity index is 2.85. The lowest BCUT2D eigenvalue weighted by molar-refractivity contribution is -0.141. The largest absolute Gasteiger partial charge is 0.507 e. The highest BCUT2D eigenvalue weighted by Gasteiger charge is 2.18. The van der Waals surface area contributed by atoms with E-state index in [1.165, 1.54) is 31.2 Å². The van der Waals surface area contributed by atoms with Gasteiger partial charge < -0.3 is 14.7 Å². The second-order valence-corrected chi connectivity index (χ2v) is 3.76. The van der Waals surface area contributed by atoms with Crippen molar-refractivity contribution >= 4 is 11.9 Å². The van der Waals surface area contributed by atoms with Crippen molar-refractivity contribution in [2.75, 3.05) is 20.7 Å². The maximum atomic E-state index is 11.9. The third-order valence-electron chi connectivity index (χ3n) is 2.32. The smallest absolute Gasteiger partial charge is 0.325 e. The van der Waals surface area contributed by atoms with E-state index in [2.05, 4.69) is 4.74 Å². The number of esters is 1. The van der Waals surface area contributed by atoms with Gasteiger partial charge in [-0.1, -0.05) is 6.07 Å². The fourth-order valence-electron chi connectivity index (χ4n) is 1.36. The van der Waals surface area contributed by atoms with Crippen LogP contribution in [0.25, 0.3) is 0 Å². The van der Waals surface area contributed by atoms with Gasteiger partial charge in [0.05, 0.1) is 12.7 Å². The highest BCUT2D eigenvalue weighted by atomic mass is 16.5. The normalized spacial score (nSPS) is 9.82.